The highest BCUT2D eigenvalue weighted by Crippen LogP contribution is 2.40. The van der Waals surface area contributed by atoms with E-state index in [0.717, 1.165) is 24.8 Å². The quantitative estimate of drug-likeness (QED) is 0.831. The Morgan fingerprint density at radius 2 is 2.19 bits per heavy atom. The van der Waals surface area contributed by atoms with Gasteiger partial charge in [-0.25, -0.2) is 0 Å². The number of aromatic nitrogens is 2. The molecule has 1 N–H and O–H groups in total. The molecule has 0 aliphatic heterocycles. The van der Waals surface area contributed by atoms with Gasteiger partial charge in [0, 0.05) is 6.54 Å². The maximum Gasteiger partial charge on any atom is 0.161 e. The van der Waals surface area contributed by atoms with Gasteiger partial charge in [0.05, 0.1) is 25.0 Å². The number of nitrogens with zero attached hydrogens (tertiary/aromatic N) is 2. The number of nitrogens with one attached hydrogen (secondary N) is 1. The van der Waals surface area contributed by atoms with Crippen molar-refractivity contribution in [1.29, 1.82) is 0 Å². The molecule has 0 saturated heterocycles. The van der Waals surface area contributed by atoms with Crippen LogP contribution in [0.25, 0.3) is 0 Å². The number of hydrogen-bond donors (Lipinski definition) is 1. The highest BCUT2D eigenvalue weighted by atomic mass is 16.5. The Bertz CT molecular complexity index is 408. The maximum absolute atomic E-state index is 5.58. The number of methoxy groups -OCH3 is 1. The van der Waals surface area contributed by atoms with Crippen molar-refractivity contribution in [3.8, 4) is 5.75 Å². The van der Waals surface area contributed by atoms with E-state index in [1.165, 1.54) is 37.8 Å². The SMILES string of the molecule is CCNC(c1c(OC)cnn1CC)C1CCCC(CC)C1. The lowest BCUT2D eigenvalue weighted by atomic mass is 9.76. The summed E-state index contributed by atoms with van der Waals surface area (Å²) in [6, 6.07) is 0.363. The van der Waals surface area contributed by atoms with Crippen LogP contribution in [0, 0.1) is 11.8 Å². The van der Waals surface area contributed by atoms with Crippen LogP contribution in [-0.2, 0) is 6.54 Å². The van der Waals surface area contributed by atoms with Crippen molar-refractivity contribution in [3.63, 3.8) is 0 Å². The van der Waals surface area contributed by atoms with Gasteiger partial charge in [-0.15, -0.1) is 0 Å². The standard InChI is InChI=1S/C17H31N3O/c1-5-13-9-8-10-14(11-13)16(18-6-2)17-15(21-4)12-19-20(17)7-3/h12-14,16,18H,5-11H2,1-4H3. The number of aryl methyl sites for hydroxylation is 1. The summed E-state index contributed by atoms with van der Waals surface area (Å²) >= 11 is 0. The van der Waals surface area contributed by atoms with Gasteiger partial charge in [-0.2, -0.15) is 5.10 Å². The van der Waals surface area contributed by atoms with Crippen LogP contribution in [0.5, 0.6) is 5.75 Å². The second kappa shape index (κ2) is 7.83. The lowest BCUT2D eigenvalue weighted by Gasteiger charge is -2.35. The van der Waals surface area contributed by atoms with Crippen molar-refractivity contribution in [2.75, 3.05) is 13.7 Å². The van der Waals surface area contributed by atoms with Crippen LogP contribution < -0.4 is 10.1 Å². The van der Waals surface area contributed by atoms with Crippen LogP contribution in [-0.4, -0.2) is 23.4 Å². The molecular formula is C17H31N3O. The molecule has 3 unspecified atom stereocenters. The first-order valence-corrected chi connectivity index (χ1v) is 8.58. The molecule has 120 valence electrons. The first kappa shape index (κ1) is 16.3. The van der Waals surface area contributed by atoms with Gasteiger partial charge in [0.1, 0.15) is 0 Å². The third-order valence-corrected chi connectivity index (χ3v) is 4.96. The van der Waals surface area contributed by atoms with E-state index in [0.29, 0.717) is 12.0 Å². The Hall–Kier alpha value is -1.03. The van der Waals surface area contributed by atoms with Gasteiger partial charge < -0.3 is 10.1 Å². The van der Waals surface area contributed by atoms with Crippen molar-refractivity contribution in [2.45, 2.75) is 65.5 Å². The summed E-state index contributed by atoms with van der Waals surface area (Å²) in [4.78, 5) is 0. The van der Waals surface area contributed by atoms with Gasteiger partial charge in [0.15, 0.2) is 5.75 Å². The minimum atomic E-state index is 0.363. The molecule has 4 nitrogen and oxygen atoms in total. The van der Waals surface area contributed by atoms with E-state index in [4.69, 9.17) is 4.74 Å². The Balaban J connectivity index is 2.27. The summed E-state index contributed by atoms with van der Waals surface area (Å²) in [5.41, 5.74) is 1.24. The molecule has 1 aliphatic carbocycles. The molecule has 1 fully saturated rings. The highest BCUT2D eigenvalue weighted by molar-refractivity contribution is 5.29. The van der Waals surface area contributed by atoms with Crippen molar-refractivity contribution < 1.29 is 4.74 Å². The van der Waals surface area contributed by atoms with Crippen LogP contribution in [0.4, 0.5) is 0 Å². The van der Waals surface area contributed by atoms with Gasteiger partial charge in [0.2, 0.25) is 0 Å². The molecule has 21 heavy (non-hydrogen) atoms. The molecule has 4 heteroatoms. The van der Waals surface area contributed by atoms with Gasteiger partial charge in [-0.05, 0) is 38.1 Å². The summed E-state index contributed by atoms with van der Waals surface area (Å²) in [5.74, 6) is 2.51. The Labute approximate surface area is 129 Å². The normalized spacial score (nSPS) is 24.0. The molecule has 3 atom stereocenters. The van der Waals surface area contributed by atoms with Crippen molar-refractivity contribution in [2.24, 2.45) is 11.8 Å². The largest absolute Gasteiger partial charge is 0.493 e. The minimum absolute atomic E-state index is 0.363. The average Bonchev–Trinajstić information content (AvgIpc) is 2.95. The first-order valence-electron chi connectivity index (χ1n) is 8.58. The van der Waals surface area contributed by atoms with Crippen LogP contribution in [0.2, 0.25) is 0 Å². The third-order valence-electron chi connectivity index (χ3n) is 4.96. The van der Waals surface area contributed by atoms with E-state index in [9.17, 15) is 0 Å². The van der Waals surface area contributed by atoms with Crippen molar-refractivity contribution in [3.05, 3.63) is 11.9 Å². The van der Waals surface area contributed by atoms with Crippen LogP contribution >= 0.6 is 0 Å². The summed E-state index contributed by atoms with van der Waals surface area (Å²) in [6.45, 7) is 8.54. The molecule has 0 amide bonds. The van der Waals surface area contributed by atoms with E-state index in [1.807, 2.05) is 6.20 Å². The minimum Gasteiger partial charge on any atom is -0.493 e. The number of ether oxygens (including phenoxy) is 1. The third kappa shape index (κ3) is 3.60. The van der Waals surface area contributed by atoms with E-state index in [-0.39, 0.29) is 0 Å². The number of rotatable bonds is 7. The van der Waals surface area contributed by atoms with Crippen molar-refractivity contribution in [1.82, 2.24) is 15.1 Å². The first-order chi connectivity index (χ1) is 10.2. The zero-order valence-electron chi connectivity index (χ0n) is 14.1. The fraction of sp³-hybridized carbons (Fsp3) is 0.824. The second-order valence-electron chi connectivity index (χ2n) is 6.15. The zero-order valence-corrected chi connectivity index (χ0v) is 14.1. The van der Waals surface area contributed by atoms with Gasteiger partial charge >= 0.3 is 0 Å². The monoisotopic (exact) mass is 293 g/mol. The smallest absolute Gasteiger partial charge is 0.161 e. The molecule has 0 spiro atoms. The molecule has 1 aliphatic rings. The van der Waals surface area contributed by atoms with E-state index in [1.54, 1.807) is 7.11 Å². The summed E-state index contributed by atoms with van der Waals surface area (Å²) in [6.07, 6.45) is 8.56. The second-order valence-corrected chi connectivity index (χ2v) is 6.15. The predicted molar refractivity (Wildman–Crippen MR) is 86.6 cm³/mol. The van der Waals surface area contributed by atoms with Crippen molar-refractivity contribution >= 4 is 0 Å². The van der Waals surface area contributed by atoms with Crippen LogP contribution in [0.15, 0.2) is 6.20 Å². The van der Waals surface area contributed by atoms with E-state index in [2.05, 4.69) is 35.9 Å². The molecule has 1 saturated carbocycles. The molecular weight excluding hydrogens is 262 g/mol. The molecule has 1 aromatic rings. The van der Waals surface area contributed by atoms with Crippen LogP contribution in [0.3, 0.4) is 0 Å². The fourth-order valence-corrected chi connectivity index (χ4v) is 3.81. The lowest BCUT2D eigenvalue weighted by molar-refractivity contribution is 0.202. The molecule has 0 bridgehead atoms. The molecule has 1 heterocycles. The highest BCUT2D eigenvalue weighted by Gasteiger charge is 2.32. The van der Waals surface area contributed by atoms with Gasteiger partial charge in [0.25, 0.3) is 0 Å². The summed E-state index contributed by atoms with van der Waals surface area (Å²) < 4.78 is 7.67. The predicted octanol–water partition coefficient (Wildman–Crippen LogP) is 3.78. The Morgan fingerprint density at radius 1 is 1.38 bits per heavy atom. The Kier molecular flexibility index (Phi) is 6.09. The molecule has 0 radical (unpaired) electrons. The summed E-state index contributed by atoms with van der Waals surface area (Å²) in [5, 5.41) is 8.20. The molecule has 2 rings (SSSR count). The molecule has 0 aromatic carbocycles. The van der Waals surface area contributed by atoms with Gasteiger partial charge in [-0.3, -0.25) is 4.68 Å². The lowest BCUT2D eigenvalue weighted by Crippen LogP contribution is -2.33. The van der Waals surface area contributed by atoms with Crippen LogP contribution in [0.1, 0.15) is 64.6 Å². The number of hydrogen-bond acceptors (Lipinski definition) is 3. The fourth-order valence-electron chi connectivity index (χ4n) is 3.81. The zero-order chi connectivity index (χ0) is 15.2. The maximum atomic E-state index is 5.58. The average molecular weight is 293 g/mol. The molecule has 1 aromatic heterocycles. The summed E-state index contributed by atoms with van der Waals surface area (Å²) in [7, 11) is 1.75. The topological polar surface area (TPSA) is 39.1 Å². The van der Waals surface area contributed by atoms with E-state index >= 15 is 0 Å². The van der Waals surface area contributed by atoms with Gasteiger partial charge in [-0.1, -0.05) is 33.1 Å². The van der Waals surface area contributed by atoms with E-state index < -0.39 is 0 Å². The Morgan fingerprint density at radius 3 is 2.81 bits per heavy atom.